The largest absolute Gasteiger partial charge is 0.359 e. The van der Waals surface area contributed by atoms with E-state index in [1.807, 2.05) is 0 Å². The zero-order chi connectivity index (χ0) is 13.0. The minimum absolute atomic E-state index is 0.156. The van der Waals surface area contributed by atoms with Gasteiger partial charge in [-0.2, -0.15) is 0 Å². The van der Waals surface area contributed by atoms with E-state index in [2.05, 4.69) is 20.3 Å². The Labute approximate surface area is 107 Å². The van der Waals surface area contributed by atoms with E-state index in [1.165, 1.54) is 18.6 Å². The maximum absolute atomic E-state index is 10.8. The second kappa shape index (κ2) is 5.37. The molecule has 0 atom stereocenters. The van der Waals surface area contributed by atoms with Crippen molar-refractivity contribution in [2.75, 3.05) is 5.32 Å². The summed E-state index contributed by atoms with van der Waals surface area (Å²) in [6, 6.07) is 2.95. The average Bonchev–Trinajstić information content (AvgIpc) is 2.38. The lowest BCUT2D eigenvalue weighted by Crippen LogP contribution is -2.05. The molecule has 2 aromatic rings. The molecule has 0 amide bonds. The molecule has 0 fully saturated rings. The molecule has 2 heterocycles. The number of halogens is 1. The third-order valence-electron chi connectivity index (χ3n) is 2.11. The monoisotopic (exact) mass is 265 g/mol. The van der Waals surface area contributed by atoms with Crippen molar-refractivity contribution in [2.45, 2.75) is 6.54 Å². The number of aromatic nitrogens is 3. The maximum Gasteiger partial charge on any atom is 0.312 e. The van der Waals surface area contributed by atoms with Crippen LogP contribution in [0.15, 0.2) is 30.9 Å². The van der Waals surface area contributed by atoms with Gasteiger partial charge in [-0.1, -0.05) is 11.6 Å². The molecule has 0 radical (unpaired) electrons. The van der Waals surface area contributed by atoms with Crippen molar-refractivity contribution < 1.29 is 4.92 Å². The van der Waals surface area contributed by atoms with Gasteiger partial charge in [-0.3, -0.25) is 10.1 Å². The van der Waals surface area contributed by atoms with Gasteiger partial charge in [0.05, 0.1) is 22.2 Å². The fraction of sp³-hybridized carbons (Fsp3) is 0.100. The Kier molecular flexibility index (Phi) is 3.63. The third-order valence-corrected chi connectivity index (χ3v) is 2.32. The molecular formula is C10H8ClN5O2. The van der Waals surface area contributed by atoms with Crippen LogP contribution in [0.1, 0.15) is 5.69 Å². The summed E-state index contributed by atoms with van der Waals surface area (Å²) in [5, 5.41) is 13.9. The SMILES string of the molecule is O=[N+]([O-])c1cc(Cl)cnc1NCc1ccncn1. The van der Waals surface area contributed by atoms with Gasteiger partial charge in [0.2, 0.25) is 5.82 Å². The van der Waals surface area contributed by atoms with Crippen molar-refractivity contribution in [1.29, 1.82) is 0 Å². The van der Waals surface area contributed by atoms with E-state index in [-0.39, 0.29) is 16.5 Å². The summed E-state index contributed by atoms with van der Waals surface area (Å²) in [6.45, 7) is 0.317. The van der Waals surface area contributed by atoms with Crippen LogP contribution in [-0.2, 0) is 6.54 Å². The molecule has 18 heavy (non-hydrogen) atoms. The molecule has 0 spiro atoms. The summed E-state index contributed by atoms with van der Waals surface area (Å²) in [4.78, 5) is 21.9. The first-order valence-electron chi connectivity index (χ1n) is 4.95. The Hall–Kier alpha value is -2.28. The fourth-order valence-electron chi connectivity index (χ4n) is 1.30. The molecule has 1 N–H and O–H groups in total. The van der Waals surface area contributed by atoms with Crippen LogP contribution in [0.3, 0.4) is 0 Å². The van der Waals surface area contributed by atoms with E-state index in [0.29, 0.717) is 12.2 Å². The van der Waals surface area contributed by atoms with Crippen molar-refractivity contribution in [3.63, 3.8) is 0 Å². The molecule has 0 unspecified atom stereocenters. The number of hydrogen-bond acceptors (Lipinski definition) is 6. The number of nitrogens with one attached hydrogen (secondary N) is 1. The number of anilines is 1. The first kappa shape index (κ1) is 12.2. The first-order chi connectivity index (χ1) is 8.66. The second-order valence-corrected chi connectivity index (χ2v) is 3.77. The maximum atomic E-state index is 10.8. The molecule has 0 aliphatic carbocycles. The molecule has 2 aromatic heterocycles. The van der Waals surface area contributed by atoms with Gasteiger partial charge in [0.15, 0.2) is 0 Å². The van der Waals surface area contributed by atoms with Gasteiger partial charge in [-0.05, 0) is 6.07 Å². The molecule has 7 nitrogen and oxygen atoms in total. The Bertz CT molecular complexity index is 563. The van der Waals surface area contributed by atoms with E-state index in [1.54, 1.807) is 12.3 Å². The minimum Gasteiger partial charge on any atom is -0.359 e. The summed E-state index contributed by atoms with van der Waals surface area (Å²) < 4.78 is 0. The van der Waals surface area contributed by atoms with Crippen LogP contribution in [0.5, 0.6) is 0 Å². The summed E-state index contributed by atoms with van der Waals surface area (Å²) in [5.41, 5.74) is 0.535. The average molecular weight is 266 g/mol. The molecule has 0 aromatic carbocycles. The molecule has 2 rings (SSSR count). The molecule has 0 aliphatic rings. The van der Waals surface area contributed by atoms with Crippen LogP contribution in [0.25, 0.3) is 0 Å². The lowest BCUT2D eigenvalue weighted by Gasteiger charge is -2.05. The Morgan fingerprint density at radius 2 is 2.28 bits per heavy atom. The highest BCUT2D eigenvalue weighted by Gasteiger charge is 2.15. The lowest BCUT2D eigenvalue weighted by atomic mass is 10.3. The van der Waals surface area contributed by atoms with Gasteiger partial charge in [0.1, 0.15) is 6.33 Å². The predicted molar refractivity (Wildman–Crippen MR) is 65.3 cm³/mol. The van der Waals surface area contributed by atoms with Crippen LogP contribution >= 0.6 is 11.6 Å². The van der Waals surface area contributed by atoms with Gasteiger partial charge < -0.3 is 5.32 Å². The number of pyridine rings is 1. The van der Waals surface area contributed by atoms with Crippen LogP contribution in [0.2, 0.25) is 5.02 Å². The van der Waals surface area contributed by atoms with Crippen molar-refractivity contribution in [2.24, 2.45) is 0 Å². The van der Waals surface area contributed by atoms with E-state index in [0.717, 1.165) is 0 Å². The molecule has 0 saturated carbocycles. The summed E-state index contributed by atoms with van der Waals surface area (Å²) in [7, 11) is 0. The second-order valence-electron chi connectivity index (χ2n) is 3.33. The van der Waals surface area contributed by atoms with E-state index >= 15 is 0 Å². The Balaban J connectivity index is 2.17. The minimum atomic E-state index is -0.540. The van der Waals surface area contributed by atoms with Crippen molar-refractivity contribution >= 4 is 23.1 Å². The van der Waals surface area contributed by atoms with Crippen LogP contribution in [0, 0.1) is 10.1 Å². The molecule has 92 valence electrons. The number of hydrogen-bond donors (Lipinski definition) is 1. The van der Waals surface area contributed by atoms with Crippen molar-refractivity contribution in [3.8, 4) is 0 Å². The van der Waals surface area contributed by atoms with Crippen molar-refractivity contribution in [1.82, 2.24) is 15.0 Å². The quantitative estimate of drug-likeness (QED) is 0.671. The molecule has 0 saturated heterocycles. The number of nitrogens with zero attached hydrogens (tertiary/aromatic N) is 4. The number of rotatable bonds is 4. The zero-order valence-electron chi connectivity index (χ0n) is 9.08. The topological polar surface area (TPSA) is 93.8 Å². The van der Waals surface area contributed by atoms with E-state index in [9.17, 15) is 10.1 Å². The first-order valence-corrected chi connectivity index (χ1v) is 5.33. The van der Waals surface area contributed by atoms with E-state index < -0.39 is 4.92 Å². The fourth-order valence-corrected chi connectivity index (χ4v) is 1.45. The van der Waals surface area contributed by atoms with Gasteiger partial charge in [0, 0.05) is 18.5 Å². The van der Waals surface area contributed by atoms with Gasteiger partial charge >= 0.3 is 5.69 Å². The van der Waals surface area contributed by atoms with Gasteiger partial charge in [-0.25, -0.2) is 15.0 Å². The summed E-state index contributed by atoms with van der Waals surface area (Å²) >= 11 is 5.66. The van der Waals surface area contributed by atoms with Gasteiger partial charge in [0.25, 0.3) is 0 Å². The highest BCUT2D eigenvalue weighted by molar-refractivity contribution is 6.30. The van der Waals surface area contributed by atoms with E-state index in [4.69, 9.17) is 11.6 Å². The smallest absolute Gasteiger partial charge is 0.312 e. The lowest BCUT2D eigenvalue weighted by molar-refractivity contribution is -0.384. The highest BCUT2D eigenvalue weighted by Crippen LogP contribution is 2.25. The van der Waals surface area contributed by atoms with Crippen LogP contribution in [0.4, 0.5) is 11.5 Å². The van der Waals surface area contributed by atoms with Crippen LogP contribution in [-0.4, -0.2) is 19.9 Å². The normalized spacial score (nSPS) is 10.1. The van der Waals surface area contributed by atoms with Gasteiger partial charge in [-0.15, -0.1) is 0 Å². The zero-order valence-corrected chi connectivity index (χ0v) is 9.83. The highest BCUT2D eigenvalue weighted by atomic mass is 35.5. The van der Waals surface area contributed by atoms with Crippen molar-refractivity contribution in [3.05, 3.63) is 51.7 Å². The standard InChI is InChI=1S/C10H8ClN5O2/c11-7-3-9(16(17)18)10(13-4-7)14-5-8-1-2-12-6-15-8/h1-4,6H,5H2,(H,13,14). The number of nitro groups is 1. The molecule has 0 bridgehead atoms. The molecular weight excluding hydrogens is 258 g/mol. The summed E-state index contributed by atoms with van der Waals surface area (Å²) in [6.07, 6.45) is 4.34. The summed E-state index contributed by atoms with van der Waals surface area (Å²) in [5.74, 6) is 0.156. The Morgan fingerprint density at radius 3 is 2.94 bits per heavy atom. The Morgan fingerprint density at radius 1 is 1.44 bits per heavy atom. The third kappa shape index (κ3) is 2.89. The molecule has 0 aliphatic heterocycles. The van der Waals surface area contributed by atoms with Crippen LogP contribution < -0.4 is 5.32 Å². The predicted octanol–water partition coefficient (Wildman–Crippen LogP) is 2.05. The molecule has 8 heteroatoms.